The molecule has 1 aromatic rings. The summed E-state index contributed by atoms with van der Waals surface area (Å²) in [6.07, 6.45) is 5.86. The first-order chi connectivity index (χ1) is 7.96. The van der Waals surface area contributed by atoms with Gasteiger partial charge >= 0.3 is 0 Å². The summed E-state index contributed by atoms with van der Waals surface area (Å²) in [5.74, 6) is 0.867. The first-order valence-electron chi connectivity index (χ1n) is 6.52. The Morgan fingerprint density at radius 2 is 2.12 bits per heavy atom. The van der Waals surface area contributed by atoms with Gasteiger partial charge in [0.2, 0.25) is 0 Å². The molecule has 3 rings (SSSR count). The van der Waals surface area contributed by atoms with Crippen LogP contribution >= 0.6 is 0 Å². The molecule has 2 aliphatic carbocycles. The van der Waals surface area contributed by atoms with Gasteiger partial charge < -0.3 is 0 Å². The van der Waals surface area contributed by atoms with Gasteiger partial charge in [-0.2, -0.15) is 5.10 Å². The van der Waals surface area contributed by atoms with Crippen LogP contribution in [0.2, 0.25) is 0 Å². The average molecular weight is 232 g/mol. The molecule has 0 aliphatic heterocycles. The summed E-state index contributed by atoms with van der Waals surface area (Å²) in [5.41, 5.74) is 2.47. The minimum Gasteiger partial charge on any atom is -0.299 e. The second-order valence-electron chi connectivity index (χ2n) is 6.41. The van der Waals surface area contributed by atoms with Gasteiger partial charge in [-0.05, 0) is 30.7 Å². The van der Waals surface area contributed by atoms with Crippen LogP contribution in [0.5, 0.6) is 0 Å². The zero-order chi connectivity index (χ0) is 12.3. The third-order valence-corrected chi connectivity index (χ3v) is 5.19. The molecule has 3 nitrogen and oxygen atoms in total. The van der Waals surface area contributed by atoms with Crippen molar-refractivity contribution in [2.24, 2.45) is 11.3 Å². The van der Waals surface area contributed by atoms with Crippen LogP contribution < -0.4 is 0 Å². The number of nitrogens with zero attached hydrogens (tertiary/aromatic N) is 1. The fourth-order valence-corrected chi connectivity index (χ4v) is 4.12. The quantitative estimate of drug-likeness (QED) is 0.747. The highest BCUT2D eigenvalue weighted by atomic mass is 16.1. The van der Waals surface area contributed by atoms with Gasteiger partial charge in [0.05, 0.1) is 5.69 Å². The maximum atomic E-state index is 12.1. The fraction of sp³-hybridized carbons (Fsp3) is 0.714. The highest BCUT2D eigenvalue weighted by Gasteiger charge is 2.54. The van der Waals surface area contributed by atoms with E-state index in [1.165, 1.54) is 11.3 Å². The first-order valence-corrected chi connectivity index (χ1v) is 6.52. The molecule has 2 atom stereocenters. The lowest BCUT2D eigenvalue weighted by atomic mass is 9.51. The van der Waals surface area contributed by atoms with Gasteiger partial charge in [0.25, 0.3) is 0 Å². The molecule has 0 bridgehead atoms. The number of fused-ring (bicyclic) bond motifs is 3. The number of rotatable bonds is 0. The fourth-order valence-electron chi connectivity index (χ4n) is 4.12. The molecule has 0 aromatic carbocycles. The number of carbonyl (C=O) groups is 1. The topological polar surface area (TPSA) is 45.8 Å². The Bertz CT molecular complexity index is 474. The van der Waals surface area contributed by atoms with E-state index in [-0.39, 0.29) is 10.8 Å². The Balaban J connectivity index is 2.12. The Morgan fingerprint density at radius 1 is 1.35 bits per heavy atom. The van der Waals surface area contributed by atoms with Gasteiger partial charge in [-0.15, -0.1) is 0 Å². The van der Waals surface area contributed by atoms with Crippen molar-refractivity contribution in [1.82, 2.24) is 10.2 Å². The summed E-state index contributed by atoms with van der Waals surface area (Å²) in [7, 11) is 0. The normalized spacial score (nSPS) is 35.2. The number of aromatic amines is 1. The van der Waals surface area contributed by atoms with Crippen LogP contribution in [-0.4, -0.2) is 16.0 Å². The van der Waals surface area contributed by atoms with Gasteiger partial charge in [-0.25, -0.2) is 0 Å². The molecule has 0 amide bonds. The van der Waals surface area contributed by atoms with Gasteiger partial charge in [0.1, 0.15) is 5.78 Å². The predicted octanol–water partition coefficient (Wildman–Crippen LogP) is 2.62. The van der Waals surface area contributed by atoms with Crippen LogP contribution in [0.15, 0.2) is 6.20 Å². The number of H-pyrrole nitrogens is 1. The van der Waals surface area contributed by atoms with E-state index in [2.05, 4.69) is 31.0 Å². The molecule has 1 heterocycles. The summed E-state index contributed by atoms with van der Waals surface area (Å²) in [6.45, 7) is 6.54. The summed E-state index contributed by atoms with van der Waals surface area (Å²) in [4.78, 5) is 12.1. The van der Waals surface area contributed by atoms with E-state index < -0.39 is 0 Å². The van der Waals surface area contributed by atoms with E-state index >= 15 is 0 Å². The molecule has 1 saturated carbocycles. The van der Waals surface area contributed by atoms with Crippen molar-refractivity contribution in [3.8, 4) is 0 Å². The molecule has 1 aromatic heterocycles. The smallest absolute Gasteiger partial charge is 0.138 e. The highest BCUT2D eigenvalue weighted by molar-refractivity contribution is 5.86. The molecule has 92 valence electrons. The van der Waals surface area contributed by atoms with Crippen molar-refractivity contribution in [3.63, 3.8) is 0 Å². The molecular weight excluding hydrogens is 212 g/mol. The van der Waals surface area contributed by atoms with E-state index in [1.807, 2.05) is 6.20 Å². The monoisotopic (exact) mass is 232 g/mol. The van der Waals surface area contributed by atoms with Crippen LogP contribution in [0.4, 0.5) is 0 Å². The third-order valence-electron chi connectivity index (χ3n) is 5.19. The number of ketones is 1. The minimum atomic E-state index is -0.191. The van der Waals surface area contributed by atoms with Crippen molar-refractivity contribution < 1.29 is 4.79 Å². The molecule has 1 N–H and O–H groups in total. The Morgan fingerprint density at radius 3 is 2.88 bits per heavy atom. The van der Waals surface area contributed by atoms with Crippen molar-refractivity contribution >= 4 is 5.78 Å². The molecule has 3 heteroatoms. The van der Waals surface area contributed by atoms with Crippen molar-refractivity contribution in [2.75, 3.05) is 0 Å². The largest absolute Gasteiger partial charge is 0.299 e. The zero-order valence-corrected chi connectivity index (χ0v) is 10.8. The van der Waals surface area contributed by atoms with Gasteiger partial charge in [-0.3, -0.25) is 9.89 Å². The zero-order valence-electron chi connectivity index (χ0n) is 10.8. The molecule has 0 spiro atoms. The van der Waals surface area contributed by atoms with Crippen LogP contribution in [0, 0.1) is 11.3 Å². The van der Waals surface area contributed by atoms with Crippen LogP contribution in [0.3, 0.4) is 0 Å². The lowest BCUT2D eigenvalue weighted by Crippen LogP contribution is -2.52. The molecular formula is C14H20N2O. The number of hydrogen-bond acceptors (Lipinski definition) is 2. The summed E-state index contributed by atoms with van der Waals surface area (Å²) >= 11 is 0. The van der Waals surface area contributed by atoms with Gasteiger partial charge in [0.15, 0.2) is 0 Å². The van der Waals surface area contributed by atoms with Crippen molar-refractivity contribution in [2.45, 2.75) is 51.9 Å². The summed E-state index contributed by atoms with van der Waals surface area (Å²) < 4.78 is 0. The number of hydrogen-bond donors (Lipinski definition) is 1. The second-order valence-corrected chi connectivity index (χ2v) is 6.41. The Kier molecular flexibility index (Phi) is 2.08. The van der Waals surface area contributed by atoms with E-state index in [4.69, 9.17) is 0 Å². The SMILES string of the molecule is CC1(C)C(=O)CC[C@]2(C)c3n[nH]cc3CC[C@@H]12. The molecule has 2 aliphatic rings. The van der Waals surface area contributed by atoms with E-state index in [9.17, 15) is 4.79 Å². The highest BCUT2D eigenvalue weighted by Crippen LogP contribution is 2.54. The lowest BCUT2D eigenvalue weighted by molar-refractivity contribution is -0.137. The molecule has 0 unspecified atom stereocenters. The Hall–Kier alpha value is -1.12. The van der Waals surface area contributed by atoms with E-state index in [0.29, 0.717) is 18.1 Å². The van der Waals surface area contributed by atoms with Gasteiger partial charge in [0, 0.05) is 23.4 Å². The Labute approximate surface area is 102 Å². The number of carbonyl (C=O) groups excluding carboxylic acids is 1. The summed E-state index contributed by atoms with van der Waals surface area (Å²) in [5, 5.41) is 7.47. The maximum absolute atomic E-state index is 12.1. The average Bonchev–Trinajstić information content (AvgIpc) is 2.74. The lowest BCUT2D eigenvalue weighted by Gasteiger charge is -2.51. The molecule has 0 saturated heterocycles. The number of aryl methyl sites for hydroxylation is 1. The standard InChI is InChI=1S/C14H20N2O/c1-13(2)10-5-4-9-8-15-16-12(9)14(10,3)7-6-11(13)17/h8,10H,4-7H2,1-3H3,(H,15,16)/t10-,14-/m0/s1. The molecule has 1 fully saturated rings. The van der Waals surface area contributed by atoms with E-state index in [0.717, 1.165) is 19.3 Å². The van der Waals surface area contributed by atoms with Crippen molar-refractivity contribution in [1.29, 1.82) is 0 Å². The van der Waals surface area contributed by atoms with Crippen LogP contribution in [0.25, 0.3) is 0 Å². The second kappa shape index (κ2) is 3.21. The number of nitrogens with one attached hydrogen (secondary N) is 1. The van der Waals surface area contributed by atoms with Gasteiger partial charge in [-0.1, -0.05) is 20.8 Å². The summed E-state index contributed by atoms with van der Waals surface area (Å²) in [6, 6.07) is 0. The predicted molar refractivity (Wildman–Crippen MR) is 65.8 cm³/mol. The minimum absolute atomic E-state index is 0.0883. The van der Waals surface area contributed by atoms with Crippen LogP contribution in [0.1, 0.15) is 51.3 Å². The van der Waals surface area contributed by atoms with Crippen LogP contribution in [-0.2, 0) is 16.6 Å². The molecule has 17 heavy (non-hydrogen) atoms. The van der Waals surface area contributed by atoms with Crippen molar-refractivity contribution in [3.05, 3.63) is 17.5 Å². The number of aromatic nitrogens is 2. The molecule has 0 radical (unpaired) electrons. The third kappa shape index (κ3) is 1.28. The maximum Gasteiger partial charge on any atom is 0.138 e. The number of Topliss-reactive ketones (excluding diaryl/α,β-unsaturated/α-hetero) is 1. The first kappa shape index (κ1) is 11.0. The van der Waals surface area contributed by atoms with E-state index in [1.54, 1.807) is 0 Å².